The monoisotopic (exact) mass is 331 g/mol. The second-order valence-corrected chi connectivity index (χ2v) is 5.19. The predicted molar refractivity (Wildman–Crippen MR) is 74.6 cm³/mol. The zero-order valence-corrected chi connectivity index (χ0v) is 11.9. The first-order valence-electron chi connectivity index (χ1n) is 6.21. The zero-order chi connectivity index (χ0) is 16.1. The molecule has 0 aliphatic carbocycles. The van der Waals surface area contributed by atoms with E-state index < -0.39 is 24.4 Å². The number of carbonyl (C=O) groups is 1. The predicted octanol–water partition coefficient (Wildman–Crippen LogP) is 2.95. The van der Waals surface area contributed by atoms with E-state index in [0.29, 0.717) is 5.56 Å². The largest absolute Gasteiger partial charge is 0.433 e. The van der Waals surface area contributed by atoms with Crippen LogP contribution in [-0.4, -0.2) is 24.2 Å². The summed E-state index contributed by atoms with van der Waals surface area (Å²) in [6.45, 7) is -3.21. The van der Waals surface area contributed by atoms with E-state index in [4.69, 9.17) is 0 Å². The molecule has 8 heteroatoms. The Morgan fingerprint density at radius 2 is 2.14 bits per heavy atom. The maximum Gasteiger partial charge on any atom is 0.387 e. The average Bonchev–Trinajstić information content (AvgIpc) is 2.91. The molecule has 118 valence electrons. The minimum Gasteiger partial charge on any atom is -0.433 e. The molecule has 0 spiro atoms. The SMILES string of the molecule is O=C(NC[C@@H](O)c1cccc(F)c1)c1sccc1OC(F)F. The summed E-state index contributed by atoms with van der Waals surface area (Å²) < 4.78 is 41.6. The third kappa shape index (κ3) is 4.22. The average molecular weight is 331 g/mol. The highest BCUT2D eigenvalue weighted by molar-refractivity contribution is 7.12. The topological polar surface area (TPSA) is 58.6 Å². The molecule has 1 amide bonds. The third-order valence-electron chi connectivity index (χ3n) is 2.74. The van der Waals surface area contributed by atoms with Crippen LogP contribution in [0.1, 0.15) is 21.3 Å². The number of benzene rings is 1. The molecule has 1 heterocycles. The number of rotatable bonds is 6. The van der Waals surface area contributed by atoms with Gasteiger partial charge >= 0.3 is 6.61 Å². The van der Waals surface area contributed by atoms with Crippen LogP contribution >= 0.6 is 11.3 Å². The number of hydrogen-bond donors (Lipinski definition) is 2. The number of amides is 1. The van der Waals surface area contributed by atoms with Gasteiger partial charge in [-0.25, -0.2) is 4.39 Å². The van der Waals surface area contributed by atoms with Crippen molar-refractivity contribution >= 4 is 17.2 Å². The fraction of sp³-hybridized carbons (Fsp3) is 0.214. The van der Waals surface area contributed by atoms with Crippen molar-refractivity contribution in [3.63, 3.8) is 0 Å². The molecule has 0 radical (unpaired) electrons. The van der Waals surface area contributed by atoms with Crippen LogP contribution in [0.2, 0.25) is 0 Å². The number of carbonyl (C=O) groups excluding carboxylic acids is 1. The van der Waals surface area contributed by atoms with Crippen molar-refractivity contribution in [1.82, 2.24) is 5.32 Å². The lowest BCUT2D eigenvalue weighted by molar-refractivity contribution is -0.0498. The van der Waals surface area contributed by atoms with E-state index in [0.717, 1.165) is 17.4 Å². The van der Waals surface area contributed by atoms with Crippen LogP contribution in [-0.2, 0) is 0 Å². The van der Waals surface area contributed by atoms with E-state index in [1.54, 1.807) is 0 Å². The van der Waals surface area contributed by atoms with E-state index in [1.807, 2.05) is 0 Å². The Morgan fingerprint density at radius 3 is 2.82 bits per heavy atom. The van der Waals surface area contributed by atoms with Crippen LogP contribution in [0.3, 0.4) is 0 Å². The number of nitrogens with one attached hydrogen (secondary N) is 1. The van der Waals surface area contributed by atoms with Crippen molar-refractivity contribution in [3.8, 4) is 5.75 Å². The van der Waals surface area contributed by atoms with Crippen molar-refractivity contribution in [2.24, 2.45) is 0 Å². The number of halogens is 3. The fourth-order valence-electron chi connectivity index (χ4n) is 1.75. The molecule has 2 N–H and O–H groups in total. The van der Waals surface area contributed by atoms with Crippen LogP contribution < -0.4 is 10.1 Å². The third-order valence-corrected chi connectivity index (χ3v) is 3.64. The number of alkyl halides is 2. The Balaban J connectivity index is 1.97. The summed E-state index contributed by atoms with van der Waals surface area (Å²) in [6, 6.07) is 6.58. The summed E-state index contributed by atoms with van der Waals surface area (Å²) >= 11 is 0.938. The first-order valence-corrected chi connectivity index (χ1v) is 7.09. The zero-order valence-electron chi connectivity index (χ0n) is 11.1. The molecule has 0 aliphatic rings. The van der Waals surface area contributed by atoms with Crippen LogP contribution in [0.5, 0.6) is 5.75 Å². The first-order chi connectivity index (χ1) is 10.5. The van der Waals surface area contributed by atoms with Gasteiger partial charge in [-0.2, -0.15) is 8.78 Å². The second kappa shape index (κ2) is 7.28. The lowest BCUT2D eigenvalue weighted by atomic mass is 10.1. The lowest BCUT2D eigenvalue weighted by Gasteiger charge is -2.12. The van der Waals surface area contributed by atoms with Crippen molar-refractivity contribution in [2.75, 3.05) is 6.54 Å². The normalized spacial score (nSPS) is 12.2. The lowest BCUT2D eigenvalue weighted by Crippen LogP contribution is -2.28. The van der Waals surface area contributed by atoms with Crippen LogP contribution in [0.25, 0.3) is 0 Å². The van der Waals surface area contributed by atoms with Crippen molar-refractivity contribution in [1.29, 1.82) is 0 Å². The van der Waals surface area contributed by atoms with Gasteiger partial charge < -0.3 is 15.2 Å². The number of aliphatic hydroxyl groups excluding tert-OH is 1. The minimum absolute atomic E-state index is 0.0215. The molecule has 0 unspecified atom stereocenters. The first kappa shape index (κ1) is 16.3. The summed E-state index contributed by atoms with van der Waals surface area (Å²) in [5.41, 5.74) is 0.301. The Morgan fingerprint density at radius 1 is 1.36 bits per heavy atom. The second-order valence-electron chi connectivity index (χ2n) is 4.27. The summed E-state index contributed by atoms with van der Waals surface area (Å²) in [6.07, 6.45) is -1.11. The Kier molecular flexibility index (Phi) is 5.40. The van der Waals surface area contributed by atoms with Crippen LogP contribution in [0.4, 0.5) is 13.2 Å². The van der Waals surface area contributed by atoms with Gasteiger partial charge in [-0.1, -0.05) is 12.1 Å². The molecule has 2 aromatic rings. The van der Waals surface area contributed by atoms with E-state index in [-0.39, 0.29) is 17.2 Å². The van der Waals surface area contributed by atoms with Gasteiger partial charge in [-0.3, -0.25) is 4.79 Å². The molecule has 2 rings (SSSR count). The molecule has 0 fully saturated rings. The molecule has 22 heavy (non-hydrogen) atoms. The van der Waals surface area contributed by atoms with Gasteiger partial charge in [0.1, 0.15) is 16.4 Å². The Bertz CT molecular complexity index is 648. The summed E-state index contributed by atoms with van der Waals surface area (Å²) in [5.74, 6) is -1.38. The maximum absolute atomic E-state index is 13.0. The Labute approximate surface area is 128 Å². The van der Waals surface area contributed by atoms with E-state index in [1.165, 1.54) is 29.6 Å². The van der Waals surface area contributed by atoms with Crippen molar-refractivity contribution in [2.45, 2.75) is 12.7 Å². The van der Waals surface area contributed by atoms with Gasteiger partial charge in [0.25, 0.3) is 5.91 Å². The van der Waals surface area contributed by atoms with Crippen molar-refractivity contribution in [3.05, 3.63) is 52.0 Å². The van der Waals surface area contributed by atoms with Crippen LogP contribution in [0, 0.1) is 5.82 Å². The molecule has 0 saturated heterocycles. The molecular weight excluding hydrogens is 319 g/mol. The highest BCUT2D eigenvalue weighted by atomic mass is 32.1. The molecule has 0 saturated carbocycles. The summed E-state index contributed by atoms with van der Waals surface area (Å²) in [7, 11) is 0. The van der Waals surface area contributed by atoms with Crippen LogP contribution in [0.15, 0.2) is 35.7 Å². The molecule has 1 atom stereocenters. The minimum atomic E-state index is -3.03. The van der Waals surface area contributed by atoms with Gasteiger partial charge in [0.15, 0.2) is 0 Å². The van der Waals surface area contributed by atoms with Gasteiger partial charge in [0, 0.05) is 6.54 Å². The van der Waals surface area contributed by atoms with E-state index >= 15 is 0 Å². The number of aliphatic hydroxyl groups is 1. The fourth-order valence-corrected chi connectivity index (χ4v) is 2.49. The highest BCUT2D eigenvalue weighted by Crippen LogP contribution is 2.26. The highest BCUT2D eigenvalue weighted by Gasteiger charge is 2.18. The Hall–Kier alpha value is -2.06. The number of thiophene rings is 1. The molecule has 1 aromatic carbocycles. The van der Waals surface area contributed by atoms with Gasteiger partial charge in [-0.05, 0) is 29.1 Å². The molecule has 0 aliphatic heterocycles. The molecule has 4 nitrogen and oxygen atoms in total. The number of ether oxygens (including phenoxy) is 1. The molecular formula is C14H12F3NO3S. The molecule has 1 aromatic heterocycles. The summed E-state index contributed by atoms with van der Waals surface area (Å²) in [5, 5.41) is 13.7. The number of hydrogen-bond acceptors (Lipinski definition) is 4. The van der Waals surface area contributed by atoms with Gasteiger partial charge in [0.05, 0.1) is 6.10 Å². The van der Waals surface area contributed by atoms with Gasteiger partial charge in [-0.15, -0.1) is 11.3 Å². The standard InChI is InChI=1S/C14H12F3NO3S/c15-9-3-1-2-8(6-9)10(19)7-18-13(20)12-11(4-5-22-12)21-14(16)17/h1-6,10,14,19H,7H2,(H,18,20)/t10-/m1/s1. The van der Waals surface area contributed by atoms with Crippen molar-refractivity contribution < 1.29 is 27.8 Å². The van der Waals surface area contributed by atoms with Gasteiger partial charge in [0.2, 0.25) is 0 Å². The van der Waals surface area contributed by atoms with E-state index in [9.17, 15) is 23.1 Å². The smallest absolute Gasteiger partial charge is 0.387 e. The molecule has 0 bridgehead atoms. The van der Waals surface area contributed by atoms with E-state index in [2.05, 4.69) is 10.1 Å². The summed E-state index contributed by atoms with van der Waals surface area (Å²) in [4.78, 5) is 11.9. The quantitative estimate of drug-likeness (QED) is 0.856. The maximum atomic E-state index is 13.0.